The molecule has 1 aromatic heterocycles. The highest BCUT2D eigenvalue weighted by Crippen LogP contribution is 2.32. The first-order valence-corrected chi connectivity index (χ1v) is 10.7. The van der Waals surface area contributed by atoms with Crippen LogP contribution in [0.15, 0.2) is 36.7 Å². The summed E-state index contributed by atoms with van der Waals surface area (Å²) >= 11 is 0. The third-order valence-electron chi connectivity index (χ3n) is 5.70. The zero-order valence-corrected chi connectivity index (χ0v) is 17.7. The number of halogens is 3. The van der Waals surface area contributed by atoms with Gasteiger partial charge in [0.2, 0.25) is 5.91 Å². The fourth-order valence-electron chi connectivity index (χ4n) is 4.19. The molecule has 0 spiro atoms. The van der Waals surface area contributed by atoms with Crippen molar-refractivity contribution in [1.82, 2.24) is 14.5 Å². The van der Waals surface area contributed by atoms with Crippen LogP contribution in [-0.4, -0.2) is 26.4 Å². The Morgan fingerprint density at radius 2 is 1.90 bits per heavy atom. The first kappa shape index (κ1) is 22.4. The van der Waals surface area contributed by atoms with Crippen LogP contribution in [0.2, 0.25) is 0 Å². The Morgan fingerprint density at radius 1 is 1.20 bits per heavy atom. The Kier molecular flexibility index (Phi) is 7.21. The van der Waals surface area contributed by atoms with Crippen LogP contribution < -0.4 is 0 Å². The Morgan fingerprint density at radius 3 is 2.57 bits per heavy atom. The molecule has 30 heavy (non-hydrogen) atoms. The standard InChI is InChI=1S/C23H30F3N3O/c1-17(2)14-22(30)29(19-9-4-3-5-10-19)16-21-27-12-13-28(21)15-18-8-6-7-11-20(18)23(24,25)26/h6-8,11-13,17,19H,3-5,9-10,14-16H2,1-2H3. The largest absolute Gasteiger partial charge is 0.416 e. The fourth-order valence-corrected chi connectivity index (χ4v) is 4.19. The first-order valence-electron chi connectivity index (χ1n) is 10.7. The fraction of sp³-hybridized carbons (Fsp3) is 0.565. The first-order chi connectivity index (χ1) is 14.3. The number of benzene rings is 1. The summed E-state index contributed by atoms with van der Waals surface area (Å²) in [5, 5.41) is 0. The molecule has 1 aliphatic carbocycles. The van der Waals surface area contributed by atoms with Crippen molar-refractivity contribution in [3.63, 3.8) is 0 Å². The maximum Gasteiger partial charge on any atom is 0.416 e. The molecule has 0 saturated heterocycles. The van der Waals surface area contributed by atoms with Crippen LogP contribution in [0.4, 0.5) is 13.2 Å². The molecule has 1 saturated carbocycles. The van der Waals surface area contributed by atoms with Gasteiger partial charge in [0.05, 0.1) is 12.1 Å². The second-order valence-corrected chi connectivity index (χ2v) is 8.54. The molecule has 0 atom stereocenters. The molecule has 0 aliphatic heterocycles. The third-order valence-corrected chi connectivity index (χ3v) is 5.70. The minimum Gasteiger partial charge on any atom is -0.332 e. The summed E-state index contributed by atoms with van der Waals surface area (Å²) in [4.78, 5) is 19.3. The van der Waals surface area contributed by atoms with E-state index in [9.17, 15) is 18.0 Å². The number of hydrogen-bond donors (Lipinski definition) is 0. The van der Waals surface area contributed by atoms with Gasteiger partial charge in [0.15, 0.2) is 0 Å². The zero-order chi connectivity index (χ0) is 21.7. The van der Waals surface area contributed by atoms with Crippen LogP contribution in [0.3, 0.4) is 0 Å². The van der Waals surface area contributed by atoms with E-state index >= 15 is 0 Å². The summed E-state index contributed by atoms with van der Waals surface area (Å²) in [5.41, 5.74) is -0.438. The molecule has 0 unspecified atom stereocenters. The minimum atomic E-state index is -4.40. The molecule has 0 radical (unpaired) electrons. The van der Waals surface area contributed by atoms with E-state index in [2.05, 4.69) is 4.98 Å². The van der Waals surface area contributed by atoms with E-state index in [1.54, 1.807) is 23.0 Å². The molecular weight excluding hydrogens is 391 g/mol. The van der Waals surface area contributed by atoms with Gasteiger partial charge in [-0.2, -0.15) is 13.2 Å². The zero-order valence-electron chi connectivity index (χ0n) is 17.7. The number of imidazole rings is 1. The van der Waals surface area contributed by atoms with Gasteiger partial charge in [-0.1, -0.05) is 51.3 Å². The van der Waals surface area contributed by atoms with Crippen molar-refractivity contribution < 1.29 is 18.0 Å². The van der Waals surface area contributed by atoms with Crippen molar-refractivity contribution in [3.05, 3.63) is 53.6 Å². The smallest absolute Gasteiger partial charge is 0.332 e. The summed E-state index contributed by atoms with van der Waals surface area (Å²) in [5.74, 6) is 0.971. The summed E-state index contributed by atoms with van der Waals surface area (Å²) in [6, 6.07) is 5.79. The predicted octanol–water partition coefficient (Wildman–Crippen LogP) is 5.66. The second-order valence-electron chi connectivity index (χ2n) is 8.54. The van der Waals surface area contributed by atoms with Crippen molar-refractivity contribution in [3.8, 4) is 0 Å². The number of carbonyl (C=O) groups excluding carboxylic acids is 1. The Balaban J connectivity index is 1.83. The van der Waals surface area contributed by atoms with Crippen LogP contribution in [0.5, 0.6) is 0 Å². The minimum absolute atomic E-state index is 0.0713. The number of nitrogens with zero attached hydrogens (tertiary/aromatic N) is 3. The lowest BCUT2D eigenvalue weighted by Gasteiger charge is -2.35. The normalized spacial score (nSPS) is 15.5. The number of hydrogen-bond acceptors (Lipinski definition) is 2. The van der Waals surface area contributed by atoms with E-state index in [1.807, 2.05) is 18.7 Å². The molecule has 1 aromatic carbocycles. The number of alkyl halides is 3. The van der Waals surface area contributed by atoms with Crippen LogP contribution in [-0.2, 0) is 24.1 Å². The average molecular weight is 422 g/mol. The molecular formula is C23H30F3N3O. The van der Waals surface area contributed by atoms with Crippen molar-refractivity contribution in [1.29, 1.82) is 0 Å². The van der Waals surface area contributed by atoms with Gasteiger partial charge in [-0.3, -0.25) is 4.79 Å². The van der Waals surface area contributed by atoms with Gasteiger partial charge in [0.25, 0.3) is 0 Å². The van der Waals surface area contributed by atoms with E-state index in [0.717, 1.165) is 31.7 Å². The molecule has 0 N–H and O–H groups in total. The highest BCUT2D eigenvalue weighted by molar-refractivity contribution is 5.76. The van der Waals surface area contributed by atoms with Gasteiger partial charge >= 0.3 is 6.18 Å². The summed E-state index contributed by atoms with van der Waals surface area (Å²) in [6.07, 6.45) is 4.68. The van der Waals surface area contributed by atoms with Crippen molar-refractivity contribution in [2.45, 2.75) is 77.7 Å². The lowest BCUT2D eigenvalue weighted by molar-refractivity contribution is -0.138. The van der Waals surface area contributed by atoms with E-state index < -0.39 is 11.7 Å². The topological polar surface area (TPSA) is 38.1 Å². The van der Waals surface area contributed by atoms with Gasteiger partial charge < -0.3 is 9.47 Å². The molecule has 3 rings (SSSR count). The van der Waals surface area contributed by atoms with Crippen LogP contribution in [0.1, 0.15) is 69.3 Å². The lowest BCUT2D eigenvalue weighted by Crippen LogP contribution is -2.42. The molecule has 1 aliphatic rings. The van der Waals surface area contributed by atoms with Crippen LogP contribution in [0, 0.1) is 5.92 Å². The SMILES string of the molecule is CC(C)CC(=O)N(Cc1nccn1Cc1ccccc1C(F)(F)F)C1CCCCC1. The lowest BCUT2D eigenvalue weighted by atomic mass is 9.93. The van der Waals surface area contributed by atoms with Crippen molar-refractivity contribution in [2.24, 2.45) is 5.92 Å². The molecule has 1 amide bonds. The number of aromatic nitrogens is 2. The molecule has 2 aromatic rings. The number of amides is 1. The highest BCUT2D eigenvalue weighted by Gasteiger charge is 2.33. The summed E-state index contributed by atoms with van der Waals surface area (Å²) in [7, 11) is 0. The van der Waals surface area contributed by atoms with Gasteiger partial charge in [0.1, 0.15) is 5.82 Å². The van der Waals surface area contributed by atoms with Crippen LogP contribution >= 0.6 is 0 Å². The van der Waals surface area contributed by atoms with Gasteiger partial charge in [-0.05, 0) is 30.4 Å². The maximum absolute atomic E-state index is 13.4. The summed E-state index contributed by atoms with van der Waals surface area (Å²) < 4.78 is 41.9. The van der Waals surface area contributed by atoms with Crippen molar-refractivity contribution >= 4 is 5.91 Å². The van der Waals surface area contributed by atoms with E-state index in [0.29, 0.717) is 18.8 Å². The predicted molar refractivity (Wildman–Crippen MR) is 110 cm³/mol. The van der Waals surface area contributed by atoms with Crippen molar-refractivity contribution in [2.75, 3.05) is 0 Å². The average Bonchev–Trinajstić information content (AvgIpc) is 3.12. The molecule has 1 heterocycles. The Labute approximate surface area is 176 Å². The molecule has 4 nitrogen and oxygen atoms in total. The number of carbonyl (C=O) groups is 1. The van der Waals surface area contributed by atoms with E-state index in [4.69, 9.17) is 0 Å². The molecule has 164 valence electrons. The van der Waals surface area contributed by atoms with E-state index in [-0.39, 0.29) is 30.0 Å². The van der Waals surface area contributed by atoms with Crippen LogP contribution in [0.25, 0.3) is 0 Å². The third kappa shape index (κ3) is 5.64. The number of rotatable bonds is 7. The monoisotopic (exact) mass is 421 g/mol. The molecule has 7 heteroatoms. The quantitative estimate of drug-likeness (QED) is 0.579. The van der Waals surface area contributed by atoms with Gasteiger partial charge in [-0.15, -0.1) is 0 Å². The van der Waals surface area contributed by atoms with Gasteiger partial charge in [0, 0.05) is 31.4 Å². The highest BCUT2D eigenvalue weighted by atomic mass is 19.4. The van der Waals surface area contributed by atoms with E-state index in [1.165, 1.54) is 18.6 Å². The molecule has 0 bridgehead atoms. The summed E-state index contributed by atoms with van der Waals surface area (Å²) in [6.45, 7) is 4.44. The second kappa shape index (κ2) is 9.67. The Bertz CT molecular complexity index is 838. The maximum atomic E-state index is 13.4. The molecule has 1 fully saturated rings. The van der Waals surface area contributed by atoms with Gasteiger partial charge in [-0.25, -0.2) is 4.98 Å². The Hall–Kier alpha value is -2.31.